The van der Waals surface area contributed by atoms with Crippen LogP contribution in [0.2, 0.25) is 5.02 Å². The van der Waals surface area contributed by atoms with Gasteiger partial charge in [0.05, 0.1) is 0 Å². The number of fused-ring (bicyclic) bond motifs is 1. The highest BCUT2D eigenvalue weighted by Gasteiger charge is 2.16. The van der Waals surface area contributed by atoms with Gasteiger partial charge in [-0.25, -0.2) is 0 Å². The fraction of sp³-hybridized carbons (Fsp3) is 0.500. The minimum atomic E-state index is 0.533. The number of rotatable bonds is 0. The van der Waals surface area contributed by atoms with Gasteiger partial charge in [0, 0.05) is 22.5 Å². The fourth-order valence-electron chi connectivity index (χ4n) is 1.97. The maximum atomic E-state index is 6.10. The number of hydrogen-bond acceptors (Lipinski definition) is 2. The summed E-state index contributed by atoms with van der Waals surface area (Å²) in [6.07, 6.45) is 1.23. The third-order valence-electron chi connectivity index (χ3n) is 2.76. The van der Waals surface area contributed by atoms with E-state index in [4.69, 9.17) is 11.6 Å². The molecule has 1 atom stereocenters. The maximum absolute atomic E-state index is 6.10. The van der Waals surface area contributed by atoms with Crippen molar-refractivity contribution in [1.82, 2.24) is 0 Å². The van der Waals surface area contributed by atoms with Gasteiger partial charge in [-0.1, -0.05) is 11.6 Å². The molecule has 15 heavy (non-hydrogen) atoms. The zero-order chi connectivity index (χ0) is 10.8. The minimum Gasteiger partial charge on any atom is -0.385 e. The van der Waals surface area contributed by atoms with E-state index in [-0.39, 0.29) is 0 Å². The first-order valence-corrected chi connectivity index (χ1v) is 6.76. The van der Waals surface area contributed by atoms with E-state index in [1.807, 2.05) is 17.8 Å². The molecule has 1 aliphatic rings. The summed E-state index contributed by atoms with van der Waals surface area (Å²) in [4.78, 5) is 0. The van der Waals surface area contributed by atoms with Crippen LogP contribution in [0.5, 0.6) is 0 Å². The average molecular weight is 242 g/mol. The lowest BCUT2D eigenvalue weighted by Crippen LogP contribution is -2.11. The first kappa shape index (κ1) is 11.2. The predicted octanol–water partition coefficient (Wildman–Crippen LogP) is 4.26. The second-order valence-electron chi connectivity index (χ2n) is 3.98. The highest BCUT2D eigenvalue weighted by atomic mass is 35.5. The molecule has 1 aromatic carbocycles. The molecule has 0 aliphatic carbocycles. The third-order valence-corrected chi connectivity index (χ3v) is 4.26. The average Bonchev–Trinajstić information content (AvgIpc) is 2.16. The number of benzene rings is 1. The predicted molar refractivity (Wildman–Crippen MR) is 70.2 cm³/mol. The summed E-state index contributed by atoms with van der Waals surface area (Å²) in [5, 5.41) is 4.90. The summed E-state index contributed by atoms with van der Waals surface area (Å²) in [7, 11) is 0. The number of nitrogens with one attached hydrogen (secondary N) is 1. The molecule has 0 spiro atoms. The molecule has 0 saturated carbocycles. The zero-order valence-electron chi connectivity index (χ0n) is 9.14. The molecular formula is C12H16ClNS. The van der Waals surface area contributed by atoms with Crippen LogP contribution in [0.4, 0.5) is 5.69 Å². The monoisotopic (exact) mass is 241 g/mol. The van der Waals surface area contributed by atoms with Crippen molar-refractivity contribution < 1.29 is 0 Å². The Labute approximate surface area is 101 Å². The van der Waals surface area contributed by atoms with Gasteiger partial charge in [0.2, 0.25) is 0 Å². The molecule has 1 unspecified atom stereocenters. The van der Waals surface area contributed by atoms with Gasteiger partial charge in [-0.3, -0.25) is 0 Å². The van der Waals surface area contributed by atoms with E-state index < -0.39 is 0 Å². The molecular weight excluding hydrogens is 226 g/mol. The van der Waals surface area contributed by atoms with E-state index in [0.29, 0.717) is 5.25 Å². The van der Waals surface area contributed by atoms with Crippen LogP contribution in [0.1, 0.15) is 29.7 Å². The summed E-state index contributed by atoms with van der Waals surface area (Å²) >= 11 is 8.12. The van der Waals surface area contributed by atoms with E-state index in [9.17, 15) is 0 Å². The molecule has 1 nitrogen and oxygen atoms in total. The van der Waals surface area contributed by atoms with Crippen molar-refractivity contribution in [3.05, 3.63) is 28.3 Å². The number of halogens is 1. The van der Waals surface area contributed by atoms with Crippen molar-refractivity contribution >= 4 is 29.1 Å². The Morgan fingerprint density at radius 1 is 1.47 bits per heavy atom. The van der Waals surface area contributed by atoms with Crippen LogP contribution >= 0.6 is 23.4 Å². The first-order valence-electron chi connectivity index (χ1n) is 5.34. The molecule has 82 valence electrons. The second kappa shape index (κ2) is 4.67. The molecule has 0 radical (unpaired) electrons. The summed E-state index contributed by atoms with van der Waals surface area (Å²) in [6.45, 7) is 5.44. The summed E-state index contributed by atoms with van der Waals surface area (Å²) in [5.74, 6) is 1.22. The standard InChI is InChI=1S/C12H16ClNS/c1-8-6-10(13)7-11-9(2)15-5-3-4-14-12(8)11/h6-7,9,14H,3-5H2,1-2H3. The normalized spacial score (nSPS) is 21.1. The number of hydrogen-bond donors (Lipinski definition) is 1. The highest BCUT2D eigenvalue weighted by Crippen LogP contribution is 2.38. The molecule has 1 heterocycles. The Hall–Kier alpha value is -0.340. The lowest BCUT2D eigenvalue weighted by Gasteiger charge is -2.23. The van der Waals surface area contributed by atoms with Gasteiger partial charge in [-0.15, -0.1) is 0 Å². The summed E-state index contributed by atoms with van der Waals surface area (Å²) in [5.41, 5.74) is 3.90. The Morgan fingerprint density at radius 2 is 2.27 bits per heavy atom. The van der Waals surface area contributed by atoms with Gasteiger partial charge in [0.1, 0.15) is 0 Å². The Kier molecular flexibility index (Phi) is 3.47. The van der Waals surface area contributed by atoms with Crippen LogP contribution in [0, 0.1) is 6.92 Å². The lowest BCUT2D eigenvalue weighted by molar-refractivity contribution is 0.953. The molecule has 0 amide bonds. The number of aryl methyl sites for hydroxylation is 1. The number of thioether (sulfide) groups is 1. The molecule has 0 saturated heterocycles. The van der Waals surface area contributed by atoms with Crippen molar-refractivity contribution in [2.75, 3.05) is 17.6 Å². The van der Waals surface area contributed by atoms with Crippen molar-refractivity contribution in [2.24, 2.45) is 0 Å². The van der Waals surface area contributed by atoms with Crippen LogP contribution in [-0.2, 0) is 0 Å². The smallest absolute Gasteiger partial charge is 0.0414 e. The van der Waals surface area contributed by atoms with E-state index in [1.54, 1.807) is 0 Å². The van der Waals surface area contributed by atoms with E-state index >= 15 is 0 Å². The molecule has 2 rings (SSSR count). The quantitative estimate of drug-likeness (QED) is 0.729. The Bertz CT molecular complexity index is 365. The van der Waals surface area contributed by atoms with Crippen LogP contribution in [-0.4, -0.2) is 12.3 Å². The largest absolute Gasteiger partial charge is 0.385 e. The Balaban J connectivity index is 2.46. The molecule has 0 aromatic heterocycles. The van der Waals surface area contributed by atoms with Gasteiger partial charge in [0.15, 0.2) is 0 Å². The maximum Gasteiger partial charge on any atom is 0.0414 e. The van der Waals surface area contributed by atoms with Crippen molar-refractivity contribution in [1.29, 1.82) is 0 Å². The van der Waals surface area contributed by atoms with Crippen molar-refractivity contribution in [2.45, 2.75) is 25.5 Å². The zero-order valence-corrected chi connectivity index (χ0v) is 10.7. The van der Waals surface area contributed by atoms with E-state index in [2.05, 4.69) is 25.2 Å². The van der Waals surface area contributed by atoms with Crippen LogP contribution in [0.15, 0.2) is 12.1 Å². The molecule has 0 fully saturated rings. The van der Waals surface area contributed by atoms with Gasteiger partial charge in [-0.05, 0) is 49.3 Å². The third kappa shape index (κ3) is 2.43. The fourth-order valence-corrected chi connectivity index (χ4v) is 3.28. The topological polar surface area (TPSA) is 12.0 Å². The van der Waals surface area contributed by atoms with Crippen LogP contribution in [0.3, 0.4) is 0 Å². The summed E-state index contributed by atoms with van der Waals surface area (Å²) in [6, 6.07) is 4.13. The van der Waals surface area contributed by atoms with Crippen LogP contribution < -0.4 is 5.32 Å². The van der Waals surface area contributed by atoms with Gasteiger partial charge >= 0.3 is 0 Å². The molecule has 1 aliphatic heterocycles. The summed E-state index contributed by atoms with van der Waals surface area (Å²) < 4.78 is 0. The van der Waals surface area contributed by atoms with E-state index in [0.717, 1.165) is 11.6 Å². The van der Waals surface area contributed by atoms with Gasteiger partial charge < -0.3 is 5.32 Å². The highest BCUT2D eigenvalue weighted by molar-refractivity contribution is 7.99. The lowest BCUT2D eigenvalue weighted by atomic mass is 10.1. The van der Waals surface area contributed by atoms with Gasteiger partial charge in [0.25, 0.3) is 0 Å². The molecule has 3 heteroatoms. The number of anilines is 1. The van der Waals surface area contributed by atoms with E-state index in [1.165, 1.54) is 29.0 Å². The first-order chi connectivity index (χ1) is 7.18. The minimum absolute atomic E-state index is 0.533. The second-order valence-corrected chi connectivity index (χ2v) is 5.87. The van der Waals surface area contributed by atoms with Crippen LogP contribution in [0.25, 0.3) is 0 Å². The van der Waals surface area contributed by atoms with Crippen molar-refractivity contribution in [3.63, 3.8) is 0 Å². The SMILES string of the molecule is Cc1cc(Cl)cc2c1NCCCSC2C. The Morgan fingerprint density at radius 3 is 3.07 bits per heavy atom. The molecule has 1 N–H and O–H groups in total. The molecule has 0 bridgehead atoms. The molecule has 1 aromatic rings. The van der Waals surface area contributed by atoms with Gasteiger partial charge in [-0.2, -0.15) is 11.8 Å². The van der Waals surface area contributed by atoms with Crippen molar-refractivity contribution in [3.8, 4) is 0 Å².